The summed E-state index contributed by atoms with van der Waals surface area (Å²) in [6.07, 6.45) is 2.54. The molecule has 1 aliphatic rings. The molecule has 1 aromatic heterocycles. The Labute approximate surface area is 187 Å². The maximum atomic E-state index is 12.6. The summed E-state index contributed by atoms with van der Waals surface area (Å²) < 4.78 is 4.65. The van der Waals surface area contributed by atoms with Gasteiger partial charge >= 0.3 is 5.97 Å². The van der Waals surface area contributed by atoms with Gasteiger partial charge in [0, 0.05) is 12.6 Å². The van der Waals surface area contributed by atoms with E-state index in [0.29, 0.717) is 22.9 Å². The number of carbonyl (C=O) groups excluding carboxylic acids is 2. The first-order valence-electron chi connectivity index (χ1n) is 9.83. The summed E-state index contributed by atoms with van der Waals surface area (Å²) in [5, 5.41) is 15.6. The predicted molar refractivity (Wildman–Crippen MR) is 119 cm³/mol. The molecule has 5 N–H and O–H groups in total. The highest BCUT2D eigenvalue weighted by atomic mass is 35.5. The molecule has 0 spiro atoms. The molecule has 168 valence electrons. The van der Waals surface area contributed by atoms with Crippen molar-refractivity contribution in [2.75, 3.05) is 19.0 Å². The summed E-state index contributed by atoms with van der Waals surface area (Å²) in [5.74, 6) is -0.333. The molecule has 2 atom stereocenters. The molecule has 31 heavy (non-hydrogen) atoms. The van der Waals surface area contributed by atoms with Gasteiger partial charge in [0.2, 0.25) is 5.95 Å². The number of nitrogens with two attached hydrogens (primary N) is 1. The van der Waals surface area contributed by atoms with Crippen LogP contribution in [0.5, 0.6) is 5.75 Å². The quantitative estimate of drug-likeness (QED) is 0.485. The SMILES string of the molecule is COC(=O)C(CN)NC(=O)c1c(C)nc(NC2CCc3cc(O)ccc3C2)nc1C.Cl. The highest BCUT2D eigenvalue weighted by Crippen LogP contribution is 2.26. The number of methoxy groups -OCH3 is 1. The number of hydrogen-bond donors (Lipinski definition) is 4. The number of rotatable bonds is 6. The fraction of sp³-hybridized carbons (Fsp3) is 0.429. The van der Waals surface area contributed by atoms with Crippen molar-refractivity contribution < 1.29 is 19.4 Å². The number of anilines is 1. The number of benzene rings is 1. The number of amides is 1. The summed E-state index contributed by atoms with van der Waals surface area (Å²) >= 11 is 0. The lowest BCUT2D eigenvalue weighted by Crippen LogP contribution is -2.46. The summed E-state index contributed by atoms with van der Waals surface area (Å²) in [7, 11) is 1.24. The van der Waals surface area contributed by atoms with E-state index in [1.54, 1.807) is 19.9 Å². The zero-order valence-corrected chi connectivity index (χ0v) is 18.6. The number of hydrogen-bond acceptors (Lipinski definition) is 8. The lowest BCUT2D eigenvalue weighted by Gasteiger charge is -2.26. The van der Waals surface area contributed by atoms with Crippen molar-refractivity contribution in [3.05, 3.63) is 46.3 Å². The topological polar surface area (TPSA) is 139 Å². The van der Waals surface area contributed by atoms with Gasteiger partial charge in [0.25, 0.3) is 5.91 Å². The van der Waals surface area contributed by atoms with Gasteiger partial charge in [-0.25, -0.2) is 14.8 Å². The minimum atomic E-state index is -0.930. The van der Waals surface area contributed by atoms with Gasteiger partial charge in [0.1, 0.15) is 11.8 Å². The van der Waals surface area contributed by atoms with E-state index in [2.05, 4.69) is 25.3 Å². The smallest absolute Gasteiger partial charge is 0.329 e. The number of aryl methyl sites for hydroxylation is 3. The highest BCUT2D eigenvalue weighted by Gasteiger charge is 2.25. The van der Waals surface area contributed by atoms with Crippen molar-refractivity contribution in [3.63, 3.8) is 0 Å². The number of ether oxygens (including phenoxy) is 1. The van der Waals surface area contributed by atoms with Gasteiger partial charge in [0.05, 0.1) is 24.1 Å². The molecule has 3 rings (SSSR count). The number of phenolic OH excluding ortho intramolecular Hbond substituents is 1. The van der Waals surface area contributed by atoms with Gasteiger partial charge in [-0.3, -0.25) is 4.79 Å². The van der Waals surface area contributed by atoms with E-state index in [0.717, 1.165) is 24.8 Å². The molecule has 1 aromatic carbocycles. The second-order valence-electron chi connectivity index (χ2n) is 7.42. The highest BCUT2D eigenvalue weighted by molar-refractivity contribution is 5.98. The van der Waals surface area contributed by atoms with Crippen molar-refractivity contribution in [1.29, 1.82) is 0 Å². The largest absolute Gasteiger partial charge is 0.508 e. The van der Waals surface area contributed by atoms with Gasteiger partial charge in [-0.05, 0) is 56.4 Å². The zero-order chi connectivity index (χ0) is 21.8. The van der Waals surface area contributed by atoms with Crippen molar-refractivity contribution >= 4 is 30.2 Å². The molecule has 0 radical (unpaired) electrons. The maximum Gasteiger partial charge on any atom is 0.329 e. The molecule has 0 saturated carbocycles. The van der Waals surface area contributed by atoms with Gasteiger partial charge in [-0.2, -0.15) is 0 Å². The molecule has 0 aliphatic heterocycles. The lowest BCUT2D eigenvalue weighted by atomic mass is 9.88. The Hall–Kier alpha value is -2.91. The van der Waals surface area contributed by atoms with Crippen LogP contribution >= 0.6 is 12.4 Å². The van der Waals surface area contributed by atoms with Crippen LogP contribution in [0.25, 0.3) is 0 Å². The first kappa shape index (κ1) is 24.4. The monoisotopic (exact) mass is 449 g/mol. The van der Waals surface area contributed by atoms with Crippen molar-refractivity contribution in [2.24, 2.45) is 5.73 Å². The third-order valence-electron chi connectivity index (χ3n) is 5.28. The second-order valence-corrected chi connectivity index (χ2v) is 7.42. The van der Waals surface area contributed by atoms with Crippen LogP contribution < -0.4 is 16.4 Å². The van der Waals surface area contributed by atoms with Crippen LogP contribution in [0.1, 0.15) is 39.3 Å². The predicted octanol–water partition coefficient (Wildman–Crippen LogP) is 1.42. The van der Waals surface area contributed by atoms with E-state index < -0.39 is 17.9 Å². The molecule has 0 saturated heterocycles. The summed E-state index contributed by atoms with van der Waals surface area (Å²) in [6.45, 7) is 3.38. The van der Waals surface area contributed by atoms with Gasteiger partial charge in [0.15, 0.2) is 0 Å². The third kappa shape index (κ3) is 5.62. The Morgan fingerprint density at radius 3 is 2.55 bits per heavy atom. The second kappa shape index (κ2) is 10.4. The number of aromatic hydroxyl groups is 1. The number of phenols is 1. The molecule has 10 heteroatoms. The fourth-order valence-corrected chi connectivity index (χ4v) is 3.74. The van der Waals surface area contributed by atoms with Crippen LogP contribution in [0.15, 0.2) is 18.2 Å². The molecule has 9 nitrogen and oxygen atoms in total. The lowest BCUT2D eigenvalue weighted by molar-refractivity contribution is -0.142. The Morgan fingerprint density at radius 2 is 1.94 bits per heavy atom. The number of halogens is 1. The number of nitrogens with zero attached hydrogens (tertiary/aromatic N) is 2. The van der Waals surface area contributed by atoms with Crippen LogP contribution in [0.4, 0.5) is 5.95 Å². The van der Waals surface area contributed by atoms with Crippen molar-refractivity contribution in [1.82, 2.24) is 15.3 Å². The van der Waals surface area contributed by atoms with E-state index in [-0.39, 0.29) is 30.7 Å². The zero-order valence-electron chi connectivity index (χ0n) is 17.8. The van der Waals surface area contributed by atoms with E-state index >= 15 is 0 Å². The van der Waals surface area contributed by atoms with Gasteiger partial charge < -0.3 is 26.2 Å². The number of fused-ring (bicyclic) bond motifs is 1. The van der Waals surface area contributed by atoms with Crippen LogP contribution in [-0.4, -0.2) is 52.7 Å². The minimum Gasteiger partial charge on any atom is -0.508 e. The molecule has 0 bridgehead atoms. The molecular formula is C21H28ClN5O4. The Bertz CT molecular complexity index is 946. The molecule has 1 amide bonds. The Balaban J connectivity index is 0.00000341. The fourth-order valence-electron chi connectivity index (χ4n) is 3.74. The minimum absolute atomic E-state index is 0. The molecule has 1 heterocycles. The van der Waals surface area contributed by atoms with E-state index in [4.69, 9.17) is 5.73 Å². The van der Waals surface area contributed by atoms with Crippen LogP contribution in [0, 0.1) is 13.8 Å². The molecule has 2 aromatic rings. The Kier molecular flexibility index (Phi) is 8.18. The number of carbonyl (C=O) groups is 2. The normalized spacial score (nSPS) is 15.8. The summed E-state index contributed by atoms with van der Waals surface area (Å²) in [6, 6.07) is 4.68. The summed E-state index contributed by atoms with van der Waals surface area (Å²) in [5.41, 5.74) is 9.22. The van der Waals surface area contributed by atoms with Crippen molar-refractivity contribution in [3.8, 4) is 5.75 Å². The molecule has 2 unspecified atom stereocenters. The van der Waals surface area contributed by atoms with Gasteiger partial charge in [-0.15, -0.1) is 12.4 Å². The first-order valence-corrected chi connectivity index (χ1v) is 9.83. The average Bonchev–Trinajstić information content (AvgIpc) is 2.71. The van der Waals surface area contributed by atoms with Crippen LogP contribution in [0.3, 0.4) is 0 Å². The first-order chi connectivity index (χ1) is 14.3. The number of aromatic nitrogens is 2. The van der Waals surface area contributed by atoms with E-state index in [1.807, 2.05) is 12.1 Å². The molecular weight excluding hydrogens is 422 g/mol. The van der Waals surface area contributed by atoms with Gasteiger partial charge in [-0.1, -0.05) is 6.07 Å². The van der Waals surface area contributed by atoms with Crippen LogP contribution in [-0.2, 0) is 22.4 Å². The average molecular weight is 450 g/mol. The number of nitrogens with one attached hydrogen (secondary N) is 2. The van der Waals surface area contributed by atoms with E-state index in [1.165, 1.54) is 12.7 Å². The number of esters is 1. The maximum absolute atomic E-state index is 12.6. The van der Waals surface area contributed by atoms with Crippen LogP contribution in [0.2, 0.25) is 0 Å². The molecule has 1 aliphatic carbocycles. The third-order valence-corrected chi connectivity index (χ3v) is 5.28. The molecule has 0 fully saturated rings. The Morgan fingerprint density at radius 1 is 1.26 bits per heavy atom. The van der Waals surface area contributed by atoms with Crippen molar-refractivity contribution in [2.45, 2.75) is 45.2 Å². The van der Waals surface area contributed by atoms with E-state index in [9.17, 15) is 14.7 Å². The summed E-state index contributed by atoms with van der Waals surface area (Å²) in [4.78, 5) is 33.2. The standard InChI is InChI=1S/C21H27N5O4.ClH/c1-11-18(19(28)26-17(10-22)20(29)30-3)12(2)24-21(23-11)25-15-6-4-14-9-16(27)7-5-13(14)8-15;/h5,7,9,15,17,27H,4,6,8,10,22H2,1-3H3,(H,26,28)(H,23,24,25);1H.